The van der Waals surface area contributed by atoms with Gasteiger partial charge in [0.2, 0.25) is 0 Å². The molecule has 1 rings (SSSR count). The van der Waals surface area contributed by atoms with E-state index in [-0.39, 0.29) is 0 Å². The van der Waals surface area contributed by atoms with Crippen molar-refractivity contribution in [3.63, 3.8) is 0 Å². The van der Waals surface area contributed by atoms with E-state index in [1.807, 2.05) is 6.07 Å². The highest BCUT2D eigenvalue weighted by Crippen LogP contribution is 2.25. The molecule has 0 saturated heterocycles. The Morgan fingerprint density at radius 1 is 1.46 bits per heavy atom. The lowest BCUT2D eigenvalue weighted by molar-refractivity contribution is 0.252. The van der Waals surface area contributed by atoms with Gasteiger partial charge in [-0.05, 0) is 17.7 Å². The SMILES string of the molecule is NNCc1cccc(SC(F)F)c1. The summed E-state index contributed by atoms with van der Waals surface area (Å²) < 4.78 is 23.9. The fourth-order valence-corrected chi connectivity index (χ4v) is 1.53. The first-order valence-electron chi connectivity index (χ1n) is 3.69. The molecule has 3 N–H and O–H groups in total. The molecular formula is C8H10F2N2S. The van der Waals surface area contributed by atoms with Crippen LogP contribution in [-0.4, -0.2) is 5.76 Å². The minimum Gasteiger partial charge on any atom is -0.271 e. The summed E-state index contributed by atoms with van der Waals surface area (Å²) in [4.78, 5) is 0.558. The molecule has 0 aliphatic carbocycles. The van der Waals surface area contributed by atoms with Gasteiger partial charge in [-0.3, -0.25) is 11.3 Å². The number of nitrogens with one attached hydrogen (secondary N) is 1. The van der Waals surface area contributed by atoms with E-state index in [0.29, 0.717) is 23.2 Å². The molecule has 1 aromatic rings. The van der Waals surface area contributed by atoms with E-state index in [9.17, 15) is 8.78 Å². The molecule has 0 unspecified atom stereocenters. The highest BCUT2D eigenvalue weighted by molar-refractivity contribution is 7.99. The van der Waals surface area contributed by atoms with Gasteiger partial charge in [0.1, 0.15) is 0 Å². The first kappa shape index (κ1) is 10.4. The molecule has 0 aromatic heterocycles. The van der Waals surface area contributed by atoms with Gasteiger partial charge in [0.05, 0.1) is 0 Å². The largest absolute Gasteiger partial charge is 0.288 e. The van der Waals surface area contributed by atoms with Crippen molar-refractivity contribution >= 4 is 11.8 Å². The third-order valence-electron chi connectivity index (χ3n) is 1.43. The van der Waals surface area contributed by atoms with Gasteiger partial charge in [-0.2, -0.15) is 8.78 Å². The Hall–Kier alpha value is -0.650. The summed E-state index contributed by atoms with van der Waals surface area (Å²) in [6.45, 7) is 0.484. The van der Waals surface area contributed by atoms with Gasteiger partial charge in [0, 0.05) is 11.4 Å². The second-order valence-corrected chi connectivity index (χ2v) is 3.47. The summed E-state index contributed by atoms with van der Waals surface area (Å²) in [5, 5.41) is 0. The van der Waals surface area contributed by atoms with E-state index < -0.39 is 5.76 Å². The first-order valence-corrected chi connectivity index (χ1v) is 4.57. The predicted molar refractivity (Wildman–Crippen MR) is 49.3 cm³/mol. The third kappa shape index (κ3) is 3.71. The van der Waals surface area contributed by atoms with Gasteiger partial charge in [-0.1, -0.05) is 23.9 Å². The Morgan fingerprint density at radius 2 is 2.23 bits per heavy atom. The van der Waals surface area contributed by atoms with Gasteiger partial charge >= 0.3 is 0 Å². The van der Waals surface area contributed by atoms with Gasteiger partial charge in [0.25, 0.3) is 5.76 Å². The van der Waals surface area contributed by atoms with Crippen molar-refractivity contribution in [3.8, 4) is 0 Å². The topological polar surface area (TPSA) is 38.0 Å². The van der Waals surface area contributed by atoms with Crippen molar-refractivity contribution < 1.29 is 8.78 Å². The van der Waals surface area contributed by atoms with Gasteiger partial charge < -0.3 is 0 Å². The number of halogens is 2. The van der Waals surface area contributed by atoms with Crippen LogP contribution in [0.2, 0.25) is 0 Å². The van der Waals surface area contributed by atoms with Crippen LogP contribution >= 0.6 is 11.8 Å². The lowest BCUT2D eigenvalue weighted by Crippen LogP contribution is -2.20. The van der Waals surface area contributed by atoms with E-state index in [4.69, 9.17) is 5.84 Å². The zero-order valence-electron chi connectivity index (χ0n) is 6.84. The van der Waals surface area contributed by atoms with Gasteiger partial charge in [-0.15, -0.1) is 0 Å². The Labute approximate surface area is 79.5 Å². The normalized spacial score (nSPS) is 10.8. The summed E-state index contributed by atoms with van der Waals surface area (Å²) in [7, 11) is 0. The molecule has 0 amide bonds. The number of nitrogens with two attached hydrogens (primary N) is 1. The van der Waals surface area contributed by atoms with E-state index in [1.165, 1.54) is 0 Å². The number of benzene rings is 1. The van der Waals surface area contributed by atoms with Crippen LogP contribution in [0.15, 0.2) is 29.2 Å². The standard InChI is InChI=1S/C8H10F2N2S/c9-8(10)13-7-3-1-2-6(4-7)5-12-11/h1-4,8,12H,5,11H2. The fraction of sp³-hybridized carbons (Fsp3) is 0.250. The minimum atomic E-state index is -2.37. The number of thioether (sulfide) groups is 1. The summed E-state index contributed by atoms with van der Waals surface area (Å²) in [6.07, 6.45) is 0. The molecule has 2 nitrogen and oxygen atoms in total. The second-order valence-electron chi connectivity index (χ2n) is 2.41. The number of rotatable bonds is 4. The minimum absolute atomic E-state index is 0.484. The van der Waals surface area contributed by atoms with Crippen molar-refractivity contribution in [2.24, 2.45) is 5.84 Å². The maximum atomic E-state index is 12.0. The van der Waals surface area contributed by atoms with E-state index >= 15 is 0 Å². The summed E-state index contributed by atoms with van der Waals surface area (Å²) in [5.74, 6) is 2.73. The molecule has 72 valence electrons. The van der Waals surface area contributed by atoms with Crippen molar-refractivity contribution in [1.29, 1.82) is 0 Å². The third-order valence-corrected chi connectivity index (χ3v) is 2.13. The molecular weight excluding hydrogens is 194 g/mol. The van der Waals surface area contributed by atoms with Crippen LogP contribution in [0.1, 0.15) is 5.56 Å². The zero-order chi connectivity index (χ0) is 9.68. The maximum Gasteiger partial charge on any atom is 0.288 e. The average molecular weight is 204 g/mol. The molecule has 0 aliphatic rings. The fourth-order valence-electron chi connectivity index (χ4n) is 0.949. The summed E-state index contributed by atoms with van der Waals surface area (Å²) in [6, 6.07) is 6.90. The lowest BCUT2D eigenvalue weighted by atomic mass is 10.2. The summed E-state index contributed by atoms with van der Waals surface area (Å²) in [5.41, 5.74) is 3.36. The Morgan fingerprint density at radius 3 is 2.85 bits per heavy atom. The monoisotopic (exact) mass is 204 g/mol. The van der Waals surface area contributed by atoms with Crippen LogP contribution < -0.4 is 11.3 Å². The molecule has 0 spiro atoms. The molecule has 0 bridgehead atoms. The number of hydrogen-bond acceptors (Lipinski definition) is 3. The predicted octanol–water partition coefficient (Wildman–Crippen LogP) is 1.96. The quantitative estimate of drug-likeness (QED) is 0.447. The number of hydrogen-bond donors (Lipinski definition) is 2. The van der Waals surface area contributed by atoms with Crippen molar-refractivity contribution in [2.45, 2.75) is 17.2 Å². The molecule has 5 heteroatoms. The molecule has 0 aliphatic heterocycles. The summed E-state index contributed by atoms with van der Waals surface area (Å²) >= 11 is 0.537. The lowest BCUT2D eigenvalue weighted by Gasteiger charge is -2.03. The molecule has 13 heavy (non-hydrogen) atoms. The number of alkyl halides is 2. The van der Waals surface area contributed by atoms with Crippen LogP contribution in [-0.2, 0) is 6.54 Å². The molecule has 0 radical (unpaired) electrons. The van der Waals surface area contributed by atoms with Crippen LogP contribution in [0.3, 0.4) is 0 Å². The van der Waals surface area contributed by atoms with Crippen molar-refractivity contribution in [1.82, 2.24) is 5.43 Å². The van der Waals surface area contributed by atoms with Crippen molar-refractivity contribution in [2.75, 3.05) is 0 Å². The van der Waals surface area contributed by atoms with Gasteiger partial charge in [0.15, 0.2) is 0 Å². The molecule has 0 fully saturated rings. The van der Waals surface area contributed by atoms with Crippen LogP contribution in [0.5, 0.6) is 0 Å². The van der Waals surface area contributed by atoms with E-state index in [0.717, 1.165) is 5.56 Å². The highest BCUT2D eigenvalue weighted by Gasteiger charge is 2.04. The molecule has 0 atom stereocenters. The molecule has 0 heterocycles. The first-order chi connectivity index (χ1) is 6.22. The Kier molecular flexibility index (Phi) is 4.14. The van der Waals surface area contributed by atoms with E-state index in [2.05, 4.69) is 5.43 Å². The van der Waals surface area contributed by atoms with Crippen molar-refractivity contribution in [3.05, 3.63) is 29.8 Å². The smallest absolute Gasteiger partial charge is 0.271 e. The van der Waals surface area contributed by atoms with Gasteiger partial charge in [-0.25, -0.2) is 0 Å². The molecule has 1 aromatic carbocycles. The number of hydrazine groups is 1. The maximum absolute atomic E-state index is 12.0. The zero-order valence-corrected chi connectivity index (χ0v) is 7.65. The van der Waals surface area contributed by atoms with Crippen LogP contribution in [0.25, 0.3) is 0 Å². The van der Waals surface area contributed by atoms with Crippen LogP contribution in [0.4, 0.5) is 8.78 Å². The van der Waals surface area contributed by atoms with E-state index in [1.54, 1.807) is 18.2 Å². The Balaban J connectivity index is 2.67. The average Bonchev–Trinajstić information content (AvgIpc) is 2.04. The second kappa shape index (κ2) is 5.16. The van der Waals surface area contributed by atoms with Crippen LogP contribution in [0, 0.1) is 0 Å². The molecule has 0 saturated carbocycles. The Bertz CT molecular complexity index is 268. The highest BCUT2D eigenvalue weighted by atomic mass is 32.2.